The van der Waals surface area contributed by atoms with Gasteiger partial charge in [-0.1, -0.05) is 6.07 Å². The Hall–Kier alpha value is -2.13. The molecule has 0 amide bonds. The van der Waals surface area contributed by atoms with Crippen LogP contribution in [0.25, 0.3) is 10.9 Å². The average Bonchev–Trinajstić information content (AvgIpc) is 3.35. The Morgan fingerprint density at radius 2 is 2.27 bits per heavy atom. The zero-order chi connectivity index (χ0) is 23.2. The standard InChI is InChI=1S/C25H31N3O3S2/c1-31-18-5-7-23-20(15-18)19(8-10-27-23)22(26)6-4-17-9-11-28(16-21(17)25(29)30)12-14-33-24-3-2-13-32-24/h2-3,5,7-8,10,13,15,17,21-22H,4,6,9,11-12,14,16,26H2,1H3,(H,29,30). The Kier molecular flexibility index (Phi) is 8.25. The van der Waals surface area contributed by atoms with Crippen molar-refractivity contribution in [2.75, 3.05) is 32.5 Å². The van der Waals surface area contributed by atoms with Gasteiger partial charge in [-0.15, -0.1) is 23.1 Å². The minimum absolute atomic E-state index is 0.150. The van der Waals surface area contributed by atoms with E-state index in [0.717, 1.165) is 60.3 Å². The van der Waals surface area contributed by atoms with Crippen molar-refractivity contribution in [3.8, 4) is 5.75 Å². The fourth-order valence-corrected chi connectivity index (χ4v) is 6.53. The number of thioether (sulfide) groups is 1. The molecule has 3 heterocycles. The van der Waals surface area contributed by atoms with E-state index in [1.54, 1.807) is 24.6 Å². The maximum absolute atomic E-state index is 12.0. The number of piperidine rings is 1. The van der Waals surface area contributed by atoms with Crippen LogP contribution in [0, 0.1) is 11.8 Å². The van der Waals surface area contributed by atoms with Crippen LogP contribution in [0.2, 0.25) is 0 Å². The van der Waals surface area contributed by atoms with Gasteiger partial charge in [-0.05, 0) is 73.0 Å². The van der Waals surface area contributed by atoms with Gasteiger partial charge in [-0.2, -0.15) is 0 Å². The van der Waals surface area contributed by atoms with Crippen molar-refractivity contribution in [2.45, 2.75) is 29.5 Å². The number of ether oxygens (including phenoxy) is 1. The highest BCUT2D eigenvalue weighted by Gasteiger charge is 2.34. The molecule has 2 aromatic heterocycles. The quantitative estimate of drug-likeness (QED) is 0.395. The van der Waals surface area contributed by atoms with Crippen LogP contribution < -0.4 is 10.5 Å². The lowest BCUT2D eigenvalue weighted by Gasteiger charge is -2.37. The van der Waals surface area contributed by atoms with Gasteiger partial charge in [0, 0.05) is 36.5 Å². The average molecular weight is 486 g/mol. The van der Waals surface area contributed by atoms with E-state index in [0.29, 0.717) is 6.54 Å². The molecule has 6 nitrogen and oxygen atoms in total. The van der Waals surface area contributed by atoms with Crippen molar-refractivity contribution in [2.24, 2.45) is 17.6 Å². The van der Waals surface area contributed by atoms with Gasteiger partial charge in [0.05, 0.1) is 22.8 Å². The first kappa shape index (κ1) is 24.0. The number of hydrogen-bond donors (Lipinski definition) is 2. The molecule has 4 rings (SSSR count). The summed E-state index contributed by atoms with van der Waals surface area (Å²) in [7, 11) is 1.65. The third kappa shape index (κ3) is 6.06. The summed E-state index contributed by atoms with van der Waals surface area (Å²) in [5, 5.41) is 13.0. The molecule has 8 heteroatoms. The van der Waals surface area contributed by atoms with Gasteiger partial charge in [-0.3, -0.25) is 9.78 Å². The topological polar surface area (TPSA) is 88.7 Å². The molecule has 3 atom stereocenters. The van der Waals surface area contributed by atoms with Crippen molar-refractivity contribution in [1.29, 1.82) is 0 Å². The first-order valence-electron chi connectivity index (χ1n) is 11.3. The van der Waals surface area contributed by atoms with E-state index in [2.05, 4.69) is 27.4 Å². The number of carbonyl (C=O) groups is 1. The molecule has 1 saturated heterocycles. The van der Waals surface area contributed by atoms with E-state index >= 15 is 0 Å². The van der Waals surface area contributed by atoms with Gasteiger partial charge in [0.15, 0.2) is 0 Å². The summed E-state index contributed by atoms with van der Waals surface area (Å²) in [4.78, 5) is 18.8. The molecule has 176 valence electrons. The molecule has 3 aromatic rings. The van der Waals surface area contributed by atoms with Crippen molar-refractivity contribution in [3.05, 3.63) is 53.5 Å². The summed E-state index contributed by atoms with van der Waals surface area (Å²) in [6, 6.07) is 11.8. The van der Waals surface area contributed by atoms with Crippen molar-refractivity contribution in [3.63, 3.8) is 0 Å². The Morgan fingerprint density at radius 3 is 3.03 bits per heavy atom. The number of nitrogens with two attached hydrogens (primary N) is 1. The normalized spacial score (nSPS) is 20.1. The minimum Gasteiger partial charge on any atom is -0.497 e. The van der Waals surface area contributed by atoms with Crippen LogP contribution >= 0.6 is 23.1 Å². The highest BCUT2D eigenvalue weighted by Crippen LogP contribution is 2.33. The van der Waals surface area contributed by atoms with Gasteiger partial charge >= 0.3 is 5.97 Å². The predicted octanol–water partition coefficient (Wildman–Crippen LogP) is 4.90. The molecule has 0 spiro atoms. The van der Waals surface area contributed by atoms with Crippen LogP contribution in [-0.4, -0.2) is 53.5 Å². The summed E-state index contributed by atoms with van der Waals surface area (Å²) in [6.07, 6.45) is 4.25. The number of carboxylic acid groups (broad SMARTS) is 1. The number of aromatic nitrogens is 1. The Morgan fingerprint density at radius 1 is 1.39 bits per heavy atom. The number of rotatable bonds is 10. The molecule has 33 heavy (non-hydrogen) atoms. The van der Waals surface area contributed by atoms with E-state index in [-0.39, 0.29) is 17.9 Å². The second kappa shape index (κ2) is 11.3. The summed E-state index contributed by atoms with van der Waals surface area (Å²) in [5.74, 6) is 0.883. The number of fused-ring (bicyclic) bond motifs is 1. The summed E-state index contributed by atoms with van der Waals surface area (Å²) in [5.41, 5.74) is 8.53. The fourth-order valence-electron chi connectivity index (χ4n) is 4.66. The molecule has 1 fully saturated rings. The molecule has 0 bridgehead atoms. The van der Waals surface area contributed by atoms with E-state index in [4.69, 9.17) is 10.5 Å². The van der Waals surface area contributed by atoms with Crippen LogP contribution in [0.3, 0.4) is 0 Å². The third-order valence-corrected chi connectivity index (χ3v) is 8.65. The van der Waals surface area contributed by atoms with E-state index in [9.17, 15) is 9.90 Å². The number of likely N-dealkylation sites (tertiary alicyclic amines) is 1. The van der Waals surface area contributed by atoms with Crippen LogP contribution in [0.15, 0.2) is 52.2 Å². The van der Waals surface area contributed by atoms with Crippen LogP contribution in [0.1, 0.15) is 30.9 Å². The number of thiophene rings is 1. The number of aliphatic carboxylic acids is 1. The van der Waals surface area contributed by atoms with E-state index in [1.165, 1.54) is 4.21 Å². The number of nitrogens with zero attached hydrogens (tertiary/aromatic N) is 2. The second-order valence-corrected chi connectivity index (χ2v) is 10.9. The van der Waals surface area contributed by atoms with Crippen molar-refractivity contribution >= 4 is 40.0 Å². The lowest BCUT2D eigenvalue weighted by atomic mass is 9.81. The Balaban J connectivity index is 1.34. The molecular formula is C25H31N3O3S2. The Bertz CT molecular complexity index is 1060. The maximum Gasteiger partial charge on any atom is 0.308 e. The zero-order valence-corrected chi connectivity index (χ0v) is 20.5. The first-order chi connectivity index (χ1) is 16.0. The summed E-state index contributed by atoms with van der Waals surface area (Å²) < 4.78 is 6.69. The largest absolute Gasteiger partial charge is 0.497 e. The highest BCUT2D eigenvalue weighted by molar-refractivity contribution is 8.01. The number of hydrogen-bond acceptors (Lipinski definition) is 7. The van der Waals surface area contributed by atoms with Crippen LogP contribution in [0.5, 0.6) is 5.75 Å². The SMILES string of the molecule is COc1ccc2nccc(C(N)CCC3CCN(CCSc4cccs4)CC3C(=O)O)c2c1. The van der Waals surface area contributed by atoms with Gasteiger partial charge in [0.2, 0.25) is 0 Å². The van der Waals surface area contributed by atoms with Gasteiger partial charge in [0.1, 0.15) is 5.75 Å². The lowest BCUT2D eigenvalue weighted by Crippen LogP contribution is -2.44. The molecular weight excluding hydrogens is 454 g/mol. The molecule has 0 saturated carbocycles. The molecule has 1 aliphatic heterocycles. The van der Waals surface area contributed by atoms with Gasteiger partial charge in [0.25, 0.3) is 0 Å². The van der Waals surface area contributed by atoms with E-state index < -0.39 is 5.97 Å². The minimum atomic E-state index is -0.691. The number of pyridine rings is 1. The fraction of sp³-hybridized carbons (Fsp3) is 0.440. The Labute approximate surface area is 203 Å². The molecule has 0 aliphatic carbocycles. The summed E-state index contributed by atoms with van der Waals surface area (Å²) in [6.45, 7) is 2.49. The van der Waals surface area contributed by atoms with Crippen LogP contribution in [0.4, 0.5) is 0 Å². The first-order valence-corrected chi connectivity index (χ1v) is 13.2. The van der Waals surface area contributed by atoms with Gasteiger partial charge < -0.3 is 20.5 Å². The number of methoxy groups -OCH3 is 1. The molecule has 3 unspecified atom stereocenters. The number of carboxylic acids is 1. The van der Waals surface area contributed by atoms with Crippen molar-refractivity contribution in [1.82, 2.24) is 9.88 Å². The monoisotopic (exact) mass is 485 g/mol. The van der Waals surface area contributed by atoms with Crippen LogP contribution in [-0.2, 0) is 4.79 Å². The number of benzene rings is 1. The maximum atomic E-state index is 12.0. The molecule has 1 aliphatic rings. The van der Waals surface area contributed by atoms with E-state index in [1.807, 2.05) is 36.0 Å². The zero-order valence-electron chi connectivity index (χ0n) is 18.9. The van der Waals surface area contributed by atoms with Gasteiger partial charge in [-0.25, -0.2) is 0 Å². The lowest BCUT2D eigenvalue weighted by molar-refractivity contribution is -0.146. The predicted molar refractivity (Wildman–Crippen MR) is 135 cm³/mol. The smallest absolute Gasteiger partial charge is 0.308 e. The molecule has 0 radical (unpaired) electrons. The highest BCUT2D eigenvalue weighted by atomic mass is 32.2. The second-order valence-electron chi connectivity index (χ2n) is 8.54. The summed E-state index contributed by atoms with van der Waals surface area (Å²) >= 11 is 3.60. The molecule has 3 N–H and O–H groups in total. The molecule has 1 aromatic carbocycles. The van der Waals surface area contributed by atoms with Crippen molar-refractivity contribution < 1.29 is 14.6 Å². The third-order valence-electron chi connectivity index (χ3n) is 6.53.